The third-order valence-corrected chi connectivity index (χ3v) is 17.2. The molecule has 0 spiro atoms. The zero-order valence-corrected chi connectivity index (χ0v) is 43.0. The highest BCUT2D eigenvalue weighted by Gasteiger charge is 2.50. The van der Waals surface area contributed by atoms with Crippen LogP contribution in [0.3, 0.4) is 0 Å². The van der Waals surface area contributed by atoms with Crippen LogP contribution in [0.1, 0.15) is 135 Å². The van der Waals surface area contributed by atoms with Gasteiger partial charge in [0.1, 0.15) is 5.58 Å². The predicted octanol–water partition coefficient (Wildman–Crippen LogP) is 16.2. The van der Waals surface area contributed by atoms with Crippen molar-refractivity contribution in [3.05, 3.63) is 173 Å². The fourth-order valence-corrected chi connectivity index (χ4v) is 12.8. The number of furan rings is 1. The topological polar surface area (TPSA) is 19.6 Å². The van der Waals surface area contributed by atoms with Crippen molar-refractivity contribution in [2.75, 3.05) is 9.80 Å². The molecule has 346 valence electrons. The second kappa shape index (κ2) is 14.9. The van der Waals surface area contributed by atoms with Crippen LogP contribution in [0.25, 0.3) is 33.2 Å². The first-order valence-corrected chi connectivity index (χ1v) is 25.6. The van der Waals surface area contributed by atoms with Crippen molar-refractivity contribution in [3.63, 3.8) is 0 Å². The summed E-state index contributed by atoms with van der Waals surface area (Å²) < 4.78 is 7.69. The Hall–Kier alpha value is -6.26. The zero-order valence-electron chi connectivity index (χ0n) is 43.0. The maximum atomic E-state index is 7.69. The maximum absolute atomic E-state index is 7.69. The number of nitrogens with zero attached hydrogens (tertiary/aromatic N) is 2. The van der Waals surface area contributed by atoms with Gasteiger partial charge in [0, 0.05) is 39.3 Å². The van der Waals surface area contributed by atoms with Gasteiger partial charge in [-0.3, -0.25) is 0 Å². The molecule has 0 unspecified atom stereocenters. The standard InChI is InChI=1S/C65H67BN2O/c1-40-34-54-57-55(35-40)68(58-45(41-20-15-13-16-21-41)24-19-25-46(58)42-22-17-14-18-23-42)53-38-50-49(63(7,8)31-32-64(50,9)10)37-52(53)66(57)60-59(67(54)44-28-26-43(27-29-44)61(2,3)4)47-36-48-51(39-56(47)69-60)65(11,12)33-30-62(48,5)6/h13-29,34-39H,30-33H2,1-12H3. The lowest BCUT2D eigenvalue weighted by Crippen LogP contribution is -2.61. The molecule has 3 nitrogen and oxygen atoms in total. The molecule has 0 fully saturated rings. The Bertz CT molecular complexity index is 3320. The highest BCUT2D eigenvalue weighted by Crippen LogP contribution is 2.55. The first-order valence-electron chi connectivity index (χ1n) is 25.6. The smallest absolute Gasteiger partial charge is 0.297 e. The lowest BCUT2D eigenvalue weighted by Gasteiger charge is -2.47. The van der Waals surface area contributed by atoms with Gasteiger partial charge in [0.05, 0.1) is 17.0 Å². The average Bonchev–Trinajstić information content (AvgIpc) is 3.69. The molecule has 0 N–H and O–H groups in total. The molecule has 1 aromatic heterocycles. The number of anilines is 6. The predicted molar refractivity (Wildman–Crippen MR) is 295 cm³/mol. The molecule has 2 aliphatic heterocycles. The van der Waals surface area contributed by atoms with E-state index in [2.05, 4.69) is 232 Å². The Morgan fingerprint density at radius 3 is 1.52 bits per heavy atom. The van der Waals surface area contributed by atoms with Gasteiger partial charge in [-0.2, -0.15) is 0 Å². The van der Waals surface area contributed by atoms with Gasteiger partial charge in [0.25, 0.3) is 6.71 Å². The van der Waals surface area contributed by atoms with Gasteiger partial charge in [-0.25, -0.2) is 0 Å². The van der Waals surface area contributed by atoms with Crippen LogP contribution >= 0.6 is 0 Å². The molecule has 0 amide bonds. The van der Waals surface area contributed by atoms with Gasteiger partial charge in [-0.15, -0.1) is 0 Å². The summed E-state index contributed by atoms with van der Waals surface area (Å²) in [5.74, 6) is 0. The van der Waals surface area contributed by atoms with Crippen molar-refractivity contribution in [1.29, 1.82) is 0 Å². The van der Waals surface area contributed by atoms with Crippen LogP contribution in [-0.4, -0.2) is 6.71 Å². The fourth-order valence-electron chi connectivity index (χ4n) is 12.8. The Morgan fingerprint density at radius 2 is 0.986 bits per heavy atom. The third kappa shape index (κ3) is 6.67. The largest absolute Gasteiger partial charge is 0.468 e. The van der Waals surface area contributed by atoms with E-state index in [1.165, 1.54) is 100 Å². The monoisotopic (exact) mass is 903 g/mol. The van der Waals surface area contributed by atoms with Gasteiger partial charge in [0.2, 0.25) is 0 Å². The Kier molecular flexibility index (Phi) is 9.48. The molecule has 4 aliphatic rings. The number of fused-ring (bicyclic) bond motifs is 8. The number of para-hydroxylation sites is 1. The van der Waals surface area contributed by atoms with E-state index in [1.54, 1.807) is 0 Å². The molecule has 8 aromatic rings. The summed E-state index contributed by atoms with van der Waals surface area (Å²) >= 11 is 0. The summed E-state index contributed by atoms with van der Waals surface area (Å²) in [7, 11) is 0. The van der Waals surface area contributed by atoms with E-state index in [0.717, 1.165) is 42.6 Å². The fraction of sp³-hybridized carbons (Fsp3) is 0.323. The number of benzene rings is 7. The van der Waals surface area contributed by atoms with Crippen LogP contribution in [0.4, 0.5) is 34.1 Å². The van der Waals surface area contributed by atoms with Crippen LogP contribution < -0.4 is 26.4 Å². The molecule has 69 heavy (non-hydrogen) atoms. The minimum absolute atomic E-state index is 0.000666. The normalized spacial score (nSPS) is 18.0. The Morgan fingerprint density at radius 1 is 0.493 bits per heavy atom. The second-order valence-corrected chi connectivity index (χ2v) is 24.8. The molecule has 0 atom stereocenters. The lowest BCUT2D eigenvalue weighted by molar-refractivity contribution is 0.332. The highest BCUT2D eigenvalue weighted by molar-refractivity contribution is 7.00. The van der Waals surface area contributed by atoms with Crippen molar-refractivity contribution < 1.29 is 4.42 Å². The zero-order chi connectivity index (χ0) is 48.2. The molecule has 0 radical (unpaired) electrons. The summed E-state index contributed by atoms with van der Waals surface area (Å²) in [6.45, 7) is 28.7. The minimum Gasteiger partial charge on any atom is -0.468 e. The van der Waals surface area contributed by atoms with Gasteiger partial charge in [0.15, 0.2) is 0 Å². The van der Waals surface area contributed by atoms with Crippen molar-refractivity contribution in [2.24, 2.45) is 0 Å². The molecule has 4 heteroatoms. The summed E-state index contributed by atoms with van der Waals surface area (Å²) in [5.41, 5.74) is 25.1. The number of hydrogen-bond donors (Lipinski definition) is 0. The average molecular weight is 903 g/mol. The van der Waals surface area contributed by atoms with Crippen LogP contribution in [0, 0.1) is 6.92 Å². The highest BCUT2D eigenvalue weighted by atomic mass is 16.3. The van der Waals surface area contributed by atoms with Gasteiger partial charge in [-0.05, 0) is 158 Å². The molecular formula is C65H67BN2O. The summed E-state index contributed by atoms with van der Waals surface area (Å²) in [6, 6.07) is 53.6. The molecule has 7 aromatic carbocycles. The van der Waals surface area contributed by atoms with Crippen molar-refractivity contribution in [2.45, 2.75) is 136 Å². The van der Waals surface area contributed by atoms with E-state index in [9.17, 15) is 0 Å². The van der Waals surface area contributed by atoms with Crippen molar-refractivity contribution in [1.82, 2.24) is 0 Å². The summed E-state index contributed by atoms with van der Waals surface area (Å²) in [5, 5.41) is 1.20. The first kappa shape index (κ1) is 44.0. The number of hydrogen-bond acceptors (Lipinski definition) is 3. The van der Waals surface area contributed by atoms with Crippen molar-refractivity contribution >= 4 is 68.4 Å². The van der Waals surface area contributed by atoms with E-state index >= 15 is 0 Å². The quantitative estimate of drug-likeness (QED) is 0.164. The molecule has 0 saturated heterocycles. The van der Waals surface area contributed by atoms with E-state index in [-0.39, 0.29) is 33.8 Å². The Labute approximate surface area is 411 Å². The molecule has 3 heterocycles. The minimum atomic E-state index is -0.150. The van der Waals surface area contributed by atoms with E-state index in [4.69, 9.17) is 4.42 Å². The summed E-state index contributed by atoms with van der Waals surface area (Å²) in [4.78, 5) is 5.26. The SMILES string of the molecule is Cc1cc2c3c(c1)N(c1ccc(C(C)(C)C)cc1)c1c(oc4cc5c(cc14)C(C)(C)CCC5(C)C)B3c1cc3c(cc1N2c1c(-c2ccccc2)cccc1-c1ccccc1)C(C)(C)CCC3(C)C. The molecule has 2 aliphatic carbocycles. The van der Waals surface area contributed by atoms with Crippen LogP contribution in [0.2, 0.25) is 0 Å². The number of aryl methyl sites for hydroxylation is 1. The maximum Gasteiger partial charge on any atom is 0.297 e. The molecular weight excluding hydrogens is 836 g/mol. The Balaban J connectivity index is 1.25. The third-order valence-electron chi connectivity index (χ3n) is 17.2. The van der Waals surface area contributed by atoms with Crippen LogP contribution in [-0.2, 0) is 27.1 Å². The summed E-state index contributed by atoms with van der Waals surface area (Å²) in [6.07, 6.45) is 4.58. The number of rotatable bonds is 4. The van der Waals surface area contributed by atoms with Crippen LogP contribution in [0.15, 0.2) is 144 Å². The van der Waals surface area contributed by atoms with Gasteiger partial charge in [-0.1, -0.05) is 173 Å². The van der Waals surface area contributed by atoms with Crippen LogP contribution in [0.5, 0.6) is 0 Å². The van der Waals surface area contributed by atoms with Gasteiger partial charge < -0.3 is 14.2 Å². The molecule has 0 saturated carbocycles. The van der Waals surface area contributed by atoms with E-state index in [0.29, 0.717) is 0 Å². The van der Waals surface area contributed by atoms with Gasteiger partial charge >= 0.3 is 0 Å². The van der Waals surface area contributed by atoms with Crippen molar-refractivity contribution in [3.8, 4) is 22.3 Å². The van der Waals surface area contributed by atoms with E-state index < -0.39 is 0 Å². The second-order valence-electron chi connectivity index (χ2n) is 24.8. The van der Waals surface area contributed by atoms with E-state index in [1.807, 2.05) is 0 Å². The molecule has 0 bridgehead atoms. The molecule has 12 rings (SSSR count). The first-order chi connectivity index (χ1) is 32.7. The lowest BCUT2D eigenvalue weighted by atomic mass is 9.35.